The van der Waals surface area contributed by atoms with Crippen molar-refractivity contribution in [3.63, 3.8) is 0 Å². The van der Waals surface area contributed by atoms with Crippen LogP contribution in [0.25, 0.3) is 0 Å². The van der Waals surface area contributed by atoms with Gasteiger partial charge < -0.3 is 15.4 Å². The Morgan fingerprint density at radius 3 is 2.88 bits per heavy atom. The average molecular weight is 400 g/mol. The zero-order valence-corrected chi connectivity index (χ0v) is 15.5. The Labute approximate surface area is 158 Å². The van der Waals surface area contributed by atoms with Crippen molar-refractivity contribution < 1.29 is 14.3 Å². The summed E-state index contributed by atoms with van der Waals surface area (Å²) in [6.45, 7) is 5.57. The number of nitrogens with zero attached hydrogens (tertiary/aromatic N) is 1. The van der Waals surface area contributed by atoms with Crippen LogP contribution in [-0.2, 0) is 9.53 Å². The number of carbonyl (C=O) groups is 2. The molecule has 6 nitrogen and oxygen atoms in total. The first-order valence-electron chi connectivity index (χ1n) is 7.18. The lowest BCUT2D eigenvalue weighted by molar-refractivity contribution is -0.123. The maximum atomic E-state index is 12.1. The second kappa shape index (κ2) is 8.84. The second-order valence-corrected chi connectivity index (χ2v) is 6.57. The number of hydrogen-bond donors (Lipinski definition) is 2. The third kappa shape index (κ3) is 5.45. The fourth-order valence-corrected chi connectivity index (χ4v) is 2.85. The molecule has 1 atom stereocenters. The van der Waals surface area contributed by atoms with Crippen LogP contribution in [0.3, 0.4) is 0 Å². The third-order valence-electron chi connectivity index (χ3n) is 2.95. The molecule has 1 aromatic heterocycles. The highest BCUT2D eigenvalue weighted by Crippen LogP contribution is 2.25. The van der Waals surface area contributed by atoms with Gasteiger partial charge in [0.1, 0.15) is 0 Å². The van der Waals surface area contributed by atoms with Crippen molar-refractivity contribution in [1.82, 2.24) is 4.98 Å². The highest BCUT2D eigenvalue weighted by molar-refractivity contribution is 7.13. The number of anilines is 2. The molecule has 1 unspecified atom stereocenters. The minimum absolute atomic E-state index is 0.126. The Balaban J connectivity index is 1.94. The molecule has 0 saturated carbocycles. The largest absolute Gasteiger partial charge is 0.448 e. The Morgan fingerprint density at radius 2 is 2.20 bits per heavy atom. The number of esters is 1. The van der Waals surface area contributed by atoms with Gasteiger partial charge in [-0.25, -0.2) is 9.78 Å². The minimum Gasteiger partial charge on any atom is -0.448 e. The van der Waals surface area contributed by atoms with E-state index in [0.717, 1.165) is 0 Å². The lowest BCUT2D eigenvalue weighted by atomic mass is 10.3. The van der Waals surface area contributed by atoms with Crippen LogP contribution in [0.5, 0.6) is 0 Å². The highest BCUT2D eigenvalue weighted by Gasteiger charge is 2.21. The molecule has 0 saturated heterocycles. The second-order valence-electron chi connectivity index (χ2n) is 4.87. The van der Waals surface area contributed by atoms with E-state index >= 15 is 0 Å². The van der Waals surface area contributed by atoms with Gasteiger partial charge in [0.15, 0.2) is 16.9 Å². The summed E-state index contributed by atoms with van der Waals surface area (Å²) >= 11 is 13.1. The number of halogens is 2. The highest BCUT2D eigenvalue weighted by atomic mass is 35.5. The zero-order valence-electron chi connectivity index (χ0n) is 13.2. The van der Waals surface area contributed by atoms with E-state index in [9.17, 15) is 9.59 Å². The SMILES string of the molecule is C=CCNc1nc(C(=O)OC(C)C(=O)Nc2ccc(Cl)cc2Cl)cs1. The fourth-order valence-electron chi connectivity index (χ4n) is 1.71. The standard InChI is InChI=1S/C16H15Cl2N3O3S/c1-3-6-19-16-21-13(8-25-16)15(23)24-9(2)14(22)20-12-5-4-10(17)7-11(12)18/h3-5,7-9H,1,6H2,2H3,(H,19,21)(H,20,22). The monoisotopic (exact) mass is 399 g/mol. The van der Waals surface area contributed by atoms with Gasteiger partial charge in [0.05, 0.1) is 10.7 Å². The maximum Gasteiger partial charge on any atom is 0.358 e. The first-order valence-corrected chi connectivity index (χ1v) is 8.81. The van der Waals surface area contributed by atoms with Gasteiger partial charge in [0.2, 0.25) is 0 Å². The van der Waals surface area contributed by atoms with Crippen molar-refractivity contribution in [3.8, 4) is 0 Å². The van der Waals surface area contributed by atoms with E-state index in [2.05, 4.69) is 22.2 Å². The summed E-state index contributed by atoms with van der Waals surface area (Å²) in [5.74, 6) is -1.20. The molecule has 0 spiro atoms. The molecule has 0 radical (unpaired) electrons. The van der Waals surface area contributed by atoms with E-state index in [-0.39, 0.29) is 10.7 Å². The number of ether oxygens (including phenoxy) is 1. The summed E-state index contributed by atoms with van der Waals surface area (Å²) in [5, 5.41) is 8.40. The molecule has 2 aromatic rings. The molecule has 2 rings (SSSR count). The van der Waals surface area contributed by atoms with Crippen LogP contribution in [0.2, 0.25) is 10.0 Å². The molecule has 2 N–H and O–H groups in total. The normalized spacial score (nSPS) is 11.5. The Bertz CT molecular complexity index is 795. The molecule has 25 heavy (non-hydrogen) atoms. The molecule has 0 aliphatic rings. The van der Waals surface area contributed by atoms with Crippen LogP contribution >= 0.6 is 34.5 Å². The predicted molar refractivity (Wildman–Crippen MR) is 101 cm³/mol. The van der Waals surface area contributed by atoms with Crippen molar-refractivity contribution in [1.29, 1.82) is 0 Å². The van der Waals surface area contributed by atoms with Gasteiger partial charge in [-0.2, -0.15) is 0 Å². The van der Waals surface area contributed by atoms with Crippen molar-refractivity contribution >= 4 is 57.2 Å². The molecule has 1 heterocycles. The van der Waals surface area contributed by atoms with Crippen LogP contribution in [0, 0.1) is 0 Å². The van der Waals surface area contributed by atoms with Crippen molar-refractivity contribution in [2.75, 3.05) is 17.2 Å². The van der Waals surface area contributed by atoms with E-state index in [1.807, 2.05) is 0 Å². The number of amides is 1. The summed E-state index contributed by atoms with van der Waals surface area (Å²) in [4.78, 5) is 28.3. The zero-order chi connectivity index (χ0) is 18.4. The summed E-state index contributed by atoms with van der Waals surface area (Å²) in [6, 6.07) is 4.66. The molecule has 9 heteroatoms. The lowest BCUT2D eigenvalue weighted by Gasteiger charge is -2.13. The number of thiazole rings is 1. The van der Waals surface area contributed by atoms with E-state index in [4.69, 9.17) is 27.9 Å². The molecule has 1 aromatic carbocycles. The smallest absolute Gasteiger partial charge is 0.358 e. The van der Waals surface area contributed by atoms with Gasteiger partial charge in [-0.3, -0.25) is 4.79 Å². The number of nitrogens with one attached hydrogen (secondary N) is 2. The molecule has 0 fully saturated rings. The quantitative estimate of drug-likeness (QED) is 0.537. The number of benzene rings is 1. The summed E-state index contributed by atoms with van der Waals surface area (Å²) in [6.07, 6.45) is 0.652. The van der Waals surface area contributed by atoms with E-state index in [1.54, 1.807) is 23.6 Å². The number of rotatable bonds is 7. The van der Waals surface area contributed by atoms with Gasteiger partial charge in [0.25, 0.3) is 5.91 Å². The lowest BCUT2D eigenvalue weighted by Crippen LogP contribution is -2.30. The molecular weight excluding hydrogens is 385 g/mol. The van der Waals surface area contributed by atoms with Gasteiger partial charge >= 0.3 is 5.97 Å². The summed E-state index contributed by atoms with van der Waals surface area (Å²) in [5.41, 5.74) is 0.504. The van der Waals surface area contributed by atoms with Crippen LogP contribution in [0.1, 0.15) is 17.4 Å². The molecule has 132 valence electrons. The van der Waals surface area contributed by atoms with Crippen molar-refractivity contribution in [2.45, 2.75) is 13.0 Å². The number of aromatic nitrogens is 1. The molecule has 0 bridgehead atoms. The van der Waals surface area contributed by atoms with Crippen molar-refractivity contribution in [2.24, 2.45) is 0 Å². The Morgan fingerprint density at radius 1 is 1.44 bits per heavy atom. The predicted octanol–water partition coefficient (Wildman–Crippen LogP) is 4.23. The minimum atomic E-state index is -1.02. The van der Waals surface area contributed by atoms with Crippen LogP contribution < -0.4 is 10.6 Å². The van der Waals surface area contributed by atoms with Crippen LogP contribution in [-0.4, -0.2) is 29.5 Å². The first kappa shape index (κ1) is 19.2. The molecule has 0 aliphatic heterocycles. The molecule has 1 amide bonds. The number of carbonyl (C=O) groups excluding carboxylic acids is 2. The van der Waals surface area contributed by atoms with Gasteiger partial charge in [-0.15, -0.1) is 17.9 Å². The Kier molecular flexibility index (Phi) is 6.81. The topological polar surface area (TPSA) is 80.3 Å². The van der Waals surface area contributed by atoms with Gasteiger partial charge in [0, 0.05) is 16.9 Å². The summed E-state index contributed by atoms with van der Waals surface area (Å²) < 4.78 is 5.13. The van der Waals surface area contributed by atoms with E-state index < -0.39 is 18.0 Å². The van der Waals surface area contributed by atoms with E-state index in [0.29, 0.717) is 22.4 Å². The van der Waals surface area contributed by atoms with E-state index in [1.165, 1.54) is 24.3 Å². The van der Waals surface area contributed by atoms with Gasteiger partial charge in [-0.1, -0.05) is 29.3 Å². The van der Waals surface area contributed by atoms with Crippen molar-refractivity contribution in [3.05, 3.63) is 52.0 Å². The first-order chi connectivity index (χ1) is 11.9. The average Bonchev–Trinajstić information content (AvgIpc) is 3.04. The van der Waals surface area contributed by atoms with Crippen LogP contribution in [0.4, 0.5) is 10.8 Å². The third-order valence-corrected chi connectivity index (χ3v) is 4.30. The molecule has 0 aliphatic carbocycles. The maximum absolute atomic E-state index is 12.1. The van der Waals surface area contributed by atoms with Gasteiger partial charge in [-0.05, 0) is 25.1 Å². The number of hydrogen-bond acceptors (Lipinski definition) is 6. The molecular formula is C16H15Cl2N3O3S. The fraction of sp³-hybridized carbons (Fsp3) is 0.188. The summed E-state index contributed by atoms with van der Waals surface area (Å²) in [7, 11) is 0. The van der Waals surface area contributed by atoms with Crippen LogP contribution in [0.15, 0.2) is 36.2 Å². The Hall–Kier alpha value is -2.09.